The van der Waals surface area contributed by atoms with E-state index in [-0.39, 0.29) is 13.1 Å². The highest BCUT2D eigenvalue weighted by molar-refractivity contribution is 6.30. The zero-order valence-electron chi connectivity index (χ0n) is 18.3. The van der Waals surface area contributed by atoms with E-state index in [4.69, 9.17) is 11.6 Å². The average Bonchev–Trinajstić information content (AvgIpc) is 3.35. The average molecular weight is 494 g/mol. The second-order valence-electron chi connectivity index (χ2n) is 8.23. The van der Waals surface area contributed by atoms with Crippen molar-refractivity contribution in [3.63, 3.8) is 0 Å². The Labute approximate surface area is 199 Å². The maximum absolute atomic E-state index is 12.9. The minimum Gasteiger partial charge on any atom is -0.391 e. The Bertz CT molecular complexity index is 1150. The molecule has 2 amide bonds. The molecule has 1 aliphatic heterocycles. The molecule has 0 radical (unpaired) electrons. The molecule has 1 aromatic heterocycles. The smallest absolute Gasteiger partial charge is 0.391 e. The summed E-state index contributed by atoms with van der Waals surface area (Å²) in [6.45, 7) is 2.44. The molecule has 4 rings (SSSR count). The summed E-state index contributed by atoms with van der Waals surface area (Å²) in [5, 5.41) is 22.1. The van der Waals surface area contributed by atoms with E-state index in [1.807, 2.05) is 23.6 Å². The molecule has 3 aromatic rings. The lowest BCUT2D eigenvalue weighted by Gasteiger charge is -2.25. The lowest BCUT2D eigenvalue weighted by atomic mass is 10.1. The van der Waals surface area contributed by atoms with Crippen molar-refractivity contribution in [3.05, 3.63) is 81.9 Å². The van der Waals surface area contributed by atoms with Crippen LogP contribution in [0.5, 0.6) is 0 Å². The van der Waals surface area contributed by atoms with Gasteiger partial charge in [-0.2, -0.15) is 13.2 Å². The Morgan fingerprint density at radius 2 is 1.76 bits per heavy atom. The number of alkyl halides is 3. The Balaban J connectivity index is 1.48. The number of β-amino-alcohol motifs (C(OH)–C–C–N with tert-alkyl or cyclic N) is 1. The molecule has 180 valence electrons. The highest BCUT2D eigenvalue weighted by Gasteiger charge is 2.38. The van der Waals surface area contributed by atoms with Crippen LogP contribution in [0.4, 0.5) is 18.0 Å². The number of amides is 2. The van der Waals surface area contributed by atoms with Gasteiger partial charge < -0.3 is 19.9 Å². The number of carbonyl (C=O) groups excluding carboxylic acids is 1. The van der Waals surface area contributed by atoms with Crippen LogP contribution in [-0.2, 0) is 19.3 Å². The van der Waals surface area contributed by atoms with Gasteiger partial charge in [-0.05, 0) is 42.3 Å². The van der Waals surface area contributed by atoms with Gasteiger partial charge in [-0.3, -0.25) is 0 Å². The van der Waals surface area contributed by atoms with Crippen LogP contribution in [-0.4, -0.2) is 43.5 Å². The van der Waals surface area contributed by atoms with E-state index >= 15 is 0 Å². The van der Waals surface area contributed by atoms with Gasteiger partial charge in [0.05, 0.1) is 24.3 Å². The maximum atomic E-state index is 12.9. The Morgan fingerprint density at radius 3 is 2.41 bits per heavy atom. The van der Waals surface area contributed by atoms with Crippen molar-refractivity contribution in [2.75, 3.05) is 6.54 Å². The van der Waals surface area contributed by atoms with E-state index < -0.39 is 29.9 Å². The number of hydrogen-bond donors (Lipinski definition) is 2. The molecule has 2 heterocycles. The van der Waals surface area contributed by atoms with E-state index in [1.54, 1.807) is 12.1 Å². The second kappa shape index (κ2) is 9.63. The number of aryl methyl sites for hydroxylation is 1. The first kappa shape index (κ1) is 24.0. The lowest BCUT2D eigenvalue weighted by molar-refractivity contribution is -0.137. The van der Waals surface area contributed by atoms with Gasteiger partial charge in [0.15, 0.2) is 5.82 Å². The summed E-state index contributed by atoms with van der Waals surface area (Å²) < 4.78 is 40.1. The predicted octanol–water partition coefficient (Wildman–Crippen LogP) is 4.32. The van der Waals surface area contributed by atoms with Gasteiger partial charge in [0, 0.05) is 24.5 Å². The summed E-state index contributed by atoms with van der Waals surface area (Å²) in [4.78, 5) is 14.4. The minimum absolute atomic E-state index is 0.0484. The molecule has 0 saturated carbocycles. The van der Waals surface area contributed by atoms with Crippen molar-refractivity contribution in [3.8, 4) is 0 Å². The van der Waals surface area contributed by atoms with Crippen molar-refractivity contribution < 1.29 is 23.1 Å². The molecule has 0 aliphatic carbocycles. The van der Waals surface area contributed by atoms with Crippen LogP contribution in [0.2, 0.25) is 5.02 Å². The summed E-state index contributed by atoms with van der Waals surface area (Å²) in [5.74, 6) is 1.21. The number of aromatic nitrogens is 3. The normalized spacial score (nSPS) is 18.4. The number of rotatable bonds is 5. The zero-order chi connectivity index (χ0) is 24.5. The van der Waals surface area contributed by atoms with Crippen LogP contribution in [0.25, 0.3) is 0 Å². The van der Waals surface area contributed by atoms with E-state index in [1.165, 1.54) is 17.0 Å². The number of carbonyl (C=O) groups is 1. The fraction of sp³-hybridized carbons (Fsp3) is 0.348. The number of nitrogens with one attached hydrogen (secondary N) is 1. The molecular formula is C23H23ClF3N5O2. The molecule has 11 heteroatoms. The third-order valence-corrected chi connectivity index (χ3v) is 6.03. The van der Waals surface area contributed by atoms with E-state index in [9.17, 15) is 23.1 Å². The maximum Gasteiger partial charge on any atom is 0.416 e. The molecule has 7 nitrogen and oxygen atoms in total. The summed E-state index contributed by atoms with van der Waals surface area (Å²) in [6.07, 6.45) is -4.85. The van der Waals surface area contributed by atoms with Crippen molar-refractivity contribution in [2.24, 2.45) is 0 Å². The van der Waals surface area contributed by atoms with Gasteiger partial charge >= 0.3 is 12.2 Å². The van der Waals surface area contributed by atoms with Gasteiger partial charge in [0.2, 0.25) is 0 Å². The van der Waals surface area contributed by atoms with Gasteiger partial charge in [-0.15, -0.1) is 10.2 Å². The SMILES string of the molecule is Cc1nnc(C2C[C@H](O)CN2C(=O)NCc2ccc(C(F)(F)F)cc2)n1Cc1ccc(Cl)cc1. The zero-order valence-corrected chi connectivity index (χ0v) is 19.0. The van der Waals surface area contributed by atoms with Crippen molar-refractivity contribution >= 4 is 17.6 Å². The molecule has 0 spiro atoms. The molecule has 1 aliphatic rings. The van der Waals surface area contributed by atoms with E-state index in [2.05, 4.69) is 15.5 Å². The number of halogens is 4. The van der Waals surface area contributed by atoms with Crippen molar-refractivity contribution in [2.45, 2.75) is 44.8 Å². The van der Waals surface area contributed by atoms with E-state index in [0.717, 1.165) is 17.7 Å². The molecule has 1 fully saturated rings. The molecule has 2 N–H and O–H groups in total. The molecule has 1 saturated heterocycles. The van der Waals surface area contributed by atoms with Gasteiger partial charge in [0.1, 0.15) is 5.82 Å². The van der Waals surface area contributed by atoms with E-state index in [0.29, 0.717) is 35.2 Å². The molecule has 2 atom stereocenters. The van der Waals surface area contributed by atoms with Crippen LogP contribution in [0.3, 0.4) is 0 Å². The first-order valence-electron chi connectivity index (χ1n) is 10.6. The van der Waals surface area contributed by atoms with Crippen molar-refractivity contribution in [1.82, 2.24) is 25.0 Å². The Hall–Kier alpha value is -3.11. The summed E-state index contributed by atoms with van der Waals surface area (Å²) in [7, 11) is 0. The number of aliphatic hydroxyl groups is 1. The van der Waals surface area contributed by atoms with Crippen LogP contribution in [0.1, 0.15) is 40.8 Å². The minimum atomic E-state index is -4.42. The summed E-state index contributed by atoms with van der Waals surface area (Å²) >= 11 is 5.97. The fourth-order valence-electron chi connectivity index (χ4n) is 3.99. The Morgan fingerprint density at radius 1 is 1.12 bits per heavy atom. The van der Waals surface area contributed by atoms with Crippen LogP contribution < -0.4 is 5.32 Å². The number of nitrogens with zero attached hydrogens (tertiary/aromatic N) is 4. The number of benzene rings is 2. The quantitative estimate of drug-likeness (QED) is 0.554. The molecule has 0 bridgehead atoms. The number of hydrogen-bond acceptors (Lipinski definition) is 4. The number of urea groups is 1. The van der Waals surface area contributed by atoms with Crippen LogP contribution in [0, 0.1) is 6.92 Å². The Kier molecular flexibility index (Phi) is 6.81. The van der Waals surface area contributed by atoms with Gasteiger partial charge in [-0.25, -0.2) is 4.79 Å². The number of aliphatic hydroxyl groups excluding tert-OH is 1. The first-order chi connectivity index (χ1) is 16.1. The molecule has 34 heavy (non-hydrogen) atoms. The van der Waals surface area contributed by atoms with Crippen molar-refractivity contribution in [1.29, 1.82) is 0 Å². The monoisotopic (exact) mass is 493 g/mol. The van der Waals surface area contributed by atoms with Crippen LogP contribution in [0.15, 0.2) is 48.5 Å². The third kappa shape index (κ3) is 5.34. The molecular weight excluding hydrogens is 471 g/mol. The van der Waals surface area contributed by atoms with Gasteiger partial charge in [-0.1, -0.05) is 35.9 Å². The van der Waals surface area contributed by atoms with Crippen LogP contribution >= 0.6 is 11.6 Å². The first-order valence-corrected chi connectivity index (χ1v) is 11.0. The molecule has 2 aromatic carbocycles. The second-order valence-corrected chi connectivity index (χ2v) is 8.67. The summed E-state index contributed by atoms with van der Waals surface area (Å²) in [6, 6.07) is 11.0. The predicted molar refractivity (Wildman–Crippen MR) is 119 cm³/mol. The summed E-state index contributed by atoms with van der Waals surface area (Å²) in [5.41, 5.74) is 0.755. The standard InChI is InChI=1S/C23H23ClF3N5O2/c1-14-29-30-21(31(14)12-16-4-8-18(24)9-5-16)20-10-19(33)13-32(20)22(34)28-11-15-2-6-17(7-3-15)23(25,26)27/h2-9,19-20,33H,10-13H2,1H3,(H,28,34)/t19-,20?/m0/s1. The van der Waals surface area contributed by atoms with Gasteiger partial charge in [0.25, 0.3) is 0 Å². The highest BCUT2D eigenvalue weighted by Crippen LogP contribution is 2.32. The fourth-order valence-corrected chi connectivity index (χ4v) is 4.11. The largest absolute Gasteiger partial charge is 0.416 e. The molecule has 1 unspecified atom stereocenters. The number of likely N-dealkylation sites (tertiary alicyclic amines) is 1. The topological polar surface area (TPSA) is 83.3 Å². The highest BCUT2D eigenvalue weighted by atomic mass is 35.5. The third-order valence-electron chi connectivity index (χ3n) is 5.78. The lowest BCUT2D eigenvalue weighted by Crippen LogP contribution is -2.40.